The zero-order chi connectivity index (χ0) is 22.4. The van der Waals surface area contributed by atoms with E-state index in [1.165, 1.54) is 18.3 Å². The predicted octanol–water partition coefficient (Wildman–Crippen LogP) is 1.82. The summed E-state index contributed by atoms with van der Waals surface area (Å²) in [4.78, 5) is 23.0. The van der Waals surface area contributed by atoms with Gasteiger partial charge in [0.15, 0.2) is 11.5 Å². The molecule has 0 radical (unpaired) electrons. The Morgan fingerprint density at radius 2 is 1.74 bits per heavy atom. The fourth-order valence-electron chi connectivity index (χ4n) is 2.71. The summed E-state index contributed by atoms with van der Waals surface area (Å²) in [5, 5.41) is 2.72. The zero-order valence-corrected chi connectivity index (χ0v) is 18.1. The Kier molecular flexibility index (Phi) is 6.95. The number of likely N-dealkylation sites (N-methyl/N-ethyl adjacent to an activating group) is 1. The third-order valence-electron chi connectivity index (χ3n) is 4.36. The van der Waals surface area contributed by atoms with Crippen molar-refractivity contribution in [1.82, 2.24) is 19.6 Å². The van der Waals surface area contributed by atoms with Crippen LogP contribution in [0, 0.1) is 0 Å². The zero-order valence-electron chi connectivity index (χ0n) is 17.2. The summed E-state index contributed by atoms with van der Waals surface area (Å²) in [7, 11) is 0.118. The molecule has 1 heterocycles. The number of hydrogen-bond acceptors (Lipinski definition) is 7. The van der Waals surface area contributed by atoms with E-state index in [1.807, 2.05) is 25.1 Å². The summed E-state index contributed by atoms with van der Waals surface area (Å²) in [5.41, 5.74) is 7.45. The number of hydrogen-bond donors (Lipinski definition) is 3. The predicted molar refractivity (Wildman–Crippen MR) is 120 cm³/mol. The third kappa shape index (κ3) is 5.85. The van der Waals surface area contributed by atoms with Gasteiger partial charge in [-0.25, -0.2) is 23.1 Å². The van der Waals surface area contributed by atoms with Crippen molar-refractivity contribution >= 4 is 27.4 Å². The van der Waals surface area contributed by atoms with Gasteiger partial charge >= 0.3 is 0 Å². The number of rotatable bonds is 8. The first-order chi connectivity index (χ1) is 14.8. The molecule has 0 saturated carbocycles. The van der Waals surface area contributed by atoms with Crippen molar-refractivity contribution in [2.45, 2.75) is 4.90 Å². The molecule has 0 bridgehead atoms. The number of sulfonamides is 1. The molecule has 0 aliphatic rings. The van der Waals surface area contributed by atoms with E-state index in [2.05, 4.69) is 20.0 Å². The van der Waals surface area contributed by atoms with Gasteiger partial charge in [-0.3, -0.25) is 4.79 Å². The van der Waals surface area contributed by atoms with Crippen LogP contribution < -0.4 is 15.8 Å². The minimum atomic E-state index is -3.61. The van der Waals surface area contributed by atoms with Gasteiger partial charge in [0.05, 0.1) is 16.8 Å². The molecule has 0 spiro atoms. The third-order valence-corrected chi connectivity index (χ3v) is 5.84. The molecule has 1 aromatic heterocycles. The van der Waals surface area contributed by atoms with Crippen LogP contribution >= 0.6 is 0 Å². The molecule has 1 amide bonds. The first kappa shape index (κ1) is 22.3. The van der Waals surface area contributed by atoms with E-state index in [9.17, 15) is 13.2 Å². The normalized spacial score (nSPS) is 11.5. The highest BCUT2D eigenvalue weighted by Crippen LogP contribution is 2.21. The molecule has 3 aromatic rings. The largest absolute Gasteiger partial charge is 0.382 e. The molecule has 9 nitrogen and oxygen atoms in total. The molecular formula is C21H24N6O3S. The summed E-state index contributed by atoms with van der Waals surface area (Å²) >= 11 is 0. The maximum atomic E-state index is 12.6. The van der Waals surface area contributed by atoms with E-state index in [-0.39, 0.29) is 16.4 Å². The number of anilines is 2. The van der Waals surface area contributed by atoms with E-state index in [0.717, 1.165) is 0 Å². The highest BCUT2D eigenvalue weighted by molar-refractivity contribution is 7.89. The van der Waals surface area contributed by atoms with Crippen LogP contribution in [0.25, 0.3) is 11.3 Å². The van der Waals surface area contributed by atoms with E-state index in [4.69, 9.17) is 5.73 Å². The van der Waals surface area contributed by atoms with Gasteiger partial charge in [0, 0.05) is 24.3 Å². The van der Waals surface area contributed by atoms with Gasteiger partial charge in [-0.15, -0.1) is 0 Å². The lowest BCUT2D eigenvalue weighted by atomic mass is 10.1. The second kappa shape index (κ2) is 9.65. The Labute approximate surface area is 181 Å². The van der Waals surface area contributed by atoms with Crippen molar-refractivity contribution in [3.8, 4) is 11.3 Å². The number of amides is 1. The number of nitrogens with one attached hydrogen (secondary N) is 2. The van der Waals surface area contributed by atoms with Gasteiger partial charge in [0.25, 0.3) is 5.91 Å². The van der Waals surface area contributed by atoms with Crippen molar-refractivity contribution in [2.24, 2.45) is 0 Å². The van der Waals surface area contributed by atoms with Crippen LogP contribution in [0.2, 0.25) is 0 Å². The quantitative estimate of drug-likeness (QED) is 0.487. The van der Waals surface area contributed by atoms with E-state index in [0.29, 0.717) is 30.0 Å². The van der Waals surface area contributed by atoms with Crippen molar-refractivity contribution < 1.29 is 13.2 Å². The number of para-hydroxylation sites is 1. The fourth-order valence-corrected chi connectivity index (χ4v) is 3.73. The van der Waals surface area contributed by atoms with Crippen LogP contribution in [-0.2, 0) is 10.0 Å². The van der Waals surface area contributed by atoms with Crippen molar-refractivity contribution in [1.29, 1.82) is 0 Å². The Balaban J connectivity index is 1.79. The van der Waals surface area contributed by atoms with Crippen molar-refractivity contribution in [3.63, 3.8) is 0 Å². The molecule has 0 saturated heterocycles. The van der Waals surface area contributed by atoms with Gasteiger partial charge in [-0.2, -0.15) is 0 Å². The second-order valence-corrected chi connectivity index (χ2v) is 8.80. The van der Waals surface area contributed by atoms with Gasteiger partial charge in [0.2, 0.25) is 10.0 Å². The van der Waals surface area contributed by atoms with Crippen LogP contribution in [0.5, 0.6) is 0 Å². The van der Waals surface area contributed by atoms with Crippen LogP contribution in [0.1, 0.15) is 10.5 Å². The lowest BCUT2D eigenvalue weighted by molar-refractivity contribution is 0.102. The first-order valence-electron chi connectivity index (χ1n) is 9.50. The molecule has 162 valence electrons. The molecule has 4 N–H and O–H groups in total. The van der Waals surface area contributed by atoms with Gasteiger partial charge in [0.1, 0.15) is 0 Å². The molecule has 0 aliphatic carbocycles. The smallest absolute Gasteiger partial charge is 0.278 e. The van der Waals surface area contributed by atoms with E-state index in [1.54, 1.807) is 36.4 Å². The molecule has 10 heteroatoms. The molecule has 0 aliphatic heterocycles. The average Bonchev–Trinajstić information content (AvgIpc) is 2.74. The molecule has 0 unspecified atom stereocenters. The Morgan fingerprint density at radius 1 is 1.06 bits per heavy atom. The molecule has 3 rings (SSSR count). The lowest BCUT2D eigenvalue weighted by Gasteiger charge is -2.11. The summed E-state index contributed by atoms with van der Waals surface area (Å²) < 4.78 is 27.3. The monoisotopic (exact) mass is 440 g/mol. The minimum absolute atomic E-state index is 0.00136. The fraction of sp³-hybridized carbons (Fsp3) is 0.190. The Morgan fingerprint density at radius 3 is 2.39 bits per heavy atom. The number of nitrogens with two attached hydrogens (primary N) is 1. The molecule has 2 aromatic carbocycles. The van der Waals surface area contributed by atoms with Gasteiger partial charge in [-0.1, -0.05) is 30.3 Å². The standard InChI is InChI=1S/C21H24N6O3S/c1-27(2)13-12-24-31(29,30)17-10-8-15(9-11-17)18-14-23-20(22)19(26-18)21(28)25-16-6-4-3-5-7-16/h3-11,14,24H,12-13H2,1-2H3,(H2,22,23)(H,25,28). The van der Waals surface area contributed by atoms with Crippen LogP contribution in [0.15, 0.2) is 65.7 Å². The summed E-state index contributed by atoms with van der Waals surface area (Å²) in [6.45, 7) is 0.895. The van der Waals surface area contributed by atoms with Crippen LogP contribution in [0.4, 0.5) is 11.5 Å². The minimum Gasteiger partial charge on any atom is -0.382 e. The number of aromatic nitrogens is 2. The summed E-state index contributed by atoms with van der Waals surface area (Å²) in [5.74, 6) is -0.483. The van der Waals surface area contributed by atoms with Crippen LogP contribution in [-0.4, -0.2) is 56.4 Å². The highest BCUT2D eigenvalue weighted by Gasteiger charge is 2.17. The summed E-state index contributed by atoms with van der Waals surface area (Å²) in [6, 6.07) is 15.1. The number of carbonyl (C=O) groups is 1. The lowest BCUT2D eigenvalue weighted by Crippen LogP contribution is -2.31. The molecular weight excluding hydrogens is 416 g/mol. The number of nitrogen functional groups attached to an aromatic ring is 1. The maximum absolute atomic E-state index is 12.6. The van der Waals surface area contributed by atoms with Gasteiger partial charge in [-0.05, 0) is 38.4 Å². The van der Waals surface area contributed by atoms with Gasteiger partial charge < -0.3 is 16.0 Å². The van der Waals surface area contributed by atoms with Crippen molar-refractivity contribution in [3.05, 3.63) is 66.5 Å². The summed E-state index contributed by atoms with van der Waals surface area (Å²) in [6.07, 6.45) is 1.44. The first-order valence-corrected chi connectivity index (χ1v) is 11.0. The van der Waals surface area contributed by atoms with Crippen LogP contribution in [0.3, 0.4) is 0 Å². The molecule has 0 atom stereocenters. The number of benzene rings is 2. The average molecular weight is 441 g/mol. The molecule has 31 heavy (non-hydrogen) atoms. The number of nitrogens with zero attached hydrogens (tertiary/aromatic N) is 3. The Hall–Kier alpha value is -3.34. The number of carbonyl (C=O) groups excluding carboxylic acids is 1. The van der Waals surface area contributed by atoms with Crippen molar-refractivity contribution in [2.75, 3.05) is 38.2 Å². The highest BCUT2D eigenvalue weighted by atomic mass is 32.2. The topological polar surface area (TPSA) is 130 Å². The molecule has 0 fully saturated rings. The maximum Gasteiger partial charge on any atom is 0.278 e. The second-order valence-electron chi connectivity index (χ2n) is 7.03. The SMILES string of the molecule is CN(C)CCNS(=O)(=O)c1ccc(-c2cnc(N)c(C(=O)Nc3ccccc3)n2)cc1. The Bertz CT molecular complexity index is 1150. The van der Waals surface area contributed by atoms with E-state index >= 15 is 0 Å². The van der Waals surface area contributed by atoms with E-state index < -0.39 is 15.9 Å².